The highest BCUT2D eigenvalue weighted by Gasteiger charge is 2.50. The minimum Gasteiger partial charge on any atom is -0.338 e. The minimum atomic E-state index is -0.0549. The van der Waals surface area contributed by atoms with E-state index >= 15 is 0 Å². The Morgan fingerprint density at radius 3 is 2.35 bits per heavy atom. The number of hydrogen-bond acceptors (Lipinski definition) is 1. The van der Waals surface area contributed by atoms with Gasteiger partial charge in [-0.3, -0.25) is 0 Å². The molecule has 2 amide bonds. The average molecular weight is 333 g/mol. The molecule has 0 radical (unpaired) electrons. The molecule has 0 aliphatic heterocycles. The van der Waals surface area contributed by atoms with Crippen LogP contribution in [0.25, 0.3) is 0 Å². The van der Waals surface area contributed by atoms with E-state index in [0.717, 1.165) is 29.9 Å². The molecule has 4 fully saturated rings. The third-order valence-electron chi connectivity index (χ3n) is 6.13. The molecular weight excluding hydrogens is 308 g/mol. The van der Waals surface area contributed by atoms with Gasteiger partial charge in [-0.25, -0.2) is 4.79 Å². The van der Waals surface area contributed by atoms with Gasteiger partial charge in [0.15, 0.2) is 0 Å². The number of carbonyl (C=O) groups excluding carboxylic acids is 1. The Morgan fingerprint density at radius 2 is 1.74 bits per heavy atom. The van der Waals surface area contributed by atoms with E-state index in [9.17, 15) is 4.79 Å². The van der Waals surface area contributed by atoms with Gasteiger partial charge in [-0.05, 0) is 79.4 Å². The maximum Gasteiger partial charge on any atom is 0.315 e. The molecule has 4 aliphatic rings. The summed E-state index contributed by atoms with van der Waals surface area (Å²) < 4.78 is 0. The van der Waals surface area contributed by atoms with Crippen molar-refractivity contribution in [2.45, 2.75) is 45.1 Å². The molecule has 5 rings (SSSR count). The highest BCUT2D eigenvalue weighted by Crippen LogP contribution is 2.59. The Morgan fingerprint density at radius 1 is 1.09 bits per heavy atom. The first-order chi connectivity index (χ1) is 11.1. The molecule has 0 atom stereocenters. The monoisotopic (exact) mass is 332 g/mol. The molecule has 23 heavy (non-hydrogen) atoms. The van der Waals surface area contributed by atoms with Gasteiger partial charge >= 0.3 is 6.03 Å². The van der Waals surface area contributed by atoms with Crippen LogP contribution in [0, 0.1) is 23.2 Å². The van der Waals surface area contributed by atoms with Crippen molar-refractivity contribution in [2.24, 2.45) is 23.2 Å². The minimum absolute atomic E-state index is 0.0549. The van der Waals surface area contributed by atoms with Crippen LogP contribution in [0.2, 0.25) is 5.02 Å². The van der Waals surface area contributed by atoms with Gasteiger partial charge in [-0.1, -0.05) is 23.7 Å². The fourth-order valence-electron chi connectivity index (χ4n) is 5.67. The van der Waals surface area contributed by atoms with Crippen molar-refractivity contribution in [2.75, 3.05) is 6.54 Å². The van der Waals surface area contributed by atoms with Gasteiger partial charge in [-0.15, -0.1) is 0 Å². The average Bonchev–Trinajstić information content (AvgIpc) is 2.50. The third kappa shape index (κ3) is 3.35. The Hall–Kier alpha value is -1.22. The summed E-state index contributed by atoms with van der Waals surface area (Å²) in [6.45, 7) is 1.37. The molecule has 4 saturated carbocycles. The summed E-state index contributed by atoms with van der Waals surface area (Å²) in [5.74, 6) is 2.78. The standard InChI is InChI=1S/C19H25ClN2O/c20-17-3-1-2-13(7-17)11-21-18(23)22-12-19-8-14-4-15(9-19)6-16(5-14)10-19/h1-3,7,14-16H,4-6,8-12H2,(H2,21,22,23). The first-order valence-electron chi connectivity index (χ1n) is 8.86. The highest BCUT2D eigenvalue weighted by molar-refractivity contribution is 6.30. The maximum absolute atomic E-state index is 12.1. The zero-order valence-electron chi connectivity index (χ0n) is 13.5. The summed E-state index contributed by atoms with van der Waals surface area (Å²) in [6.07, 6.45) is 8.31. The van der Waals surface area contributed by atoms with Gasteiger partial charge in [0.1, 0.15) is 0 Å². The fourth-order valence-corrected chi connectivity index (χ4v) is 5.88. The van der Waals surface area contributed by atoms with Crippen molar-refractivity contribution < 1.29 is 4.79 Å². The largest absolute Gasteiger partial charge is 0.338 e. The third-order valence-corrected chi connectivity index (χ3v) is 6.37. The summed E-state index contributed by atoms with van der Waals surface area (Å²) in [6, 6.07) is 7.57. The fraction of sp³-hybridized carbons (Fsp3) is 0.632. The molecule has 4 aliphatic carbocycles. The first-order valence-corrected chi connectivity index (χ1v) is 9.24. The van der Waals surface area contributed by atoms with Crippen LogP contribution < -0.4 is 10.6 Å². The molecule has 124 valence electrons. The second-order valence-electron chi connectivity index (χ2n) is 8.08. The van der Waals surface area contributed by atoms with Crippen LogP contribution in [0.5, 0.6) is 0 Å². The van der Waals surface area contributed by atoms with Gasteiger partial charge in [0.2, 0.25) is 0 Å². The molecule has 4 bridgehead atoms. The number of halogens is 1. The van der Waals surface area contributed by atoms with Gasteiger partial charge in [0.05, 0.1) is 0 Å². The molecule has 0 unspecified atom stereocenters. The molecule has 0 spiro atoms. The lowest BCUT2D eigenvalue weighted by Gasteiger charge is -2.56. The molecule has 0 aromatic heterocycles. The van der Waals surface area contributed by atoms with Crippen molar-refractivity contribution in [1.29, 1.82) is 0 Å². The van der Waals surface area contributed by atoms with Crippen LogP contribution >= 0.6 is 11.6 Å². The summed E-state index contributed by atoms with van der Waals surface area (Å²) in [7, 11) is 0. The summed E-state index contributed by atoms with van der Waals surface area (Å²) in [5.41, 5.74) is 1.42. The van der Waals surface area contributed by atoms with E-state index in [4.69, 9.17) is 11.6 Å². The van der Waals surface area contributed by atoms with E-state index < -0.39 is 0 Å². The number of benzene rings is 1. The Balaban J connectivity index is 1.28. The number of rotatable bonds is 4. The van der Waals surface area contributed by atoms with Crippen molar-refractivity contribution in [3.63, 3.8) is 0 Å². The molecule has 0 heterocycles. The lowest BCUT2D eigenvalue weighted by atomic mass is 9.49. The van der Waals surface area contributed by atoms with E-state index in [1.807, 2.05) is 24.3 Å². The zero-order chi connectivity index (χ0) is 15.9. The molecule has 1 aromatic carbocycles. The van der Waals surface area contributed by atoms with Crippen LogP contribution in [0.3, 0.4) is 0 Å². The van der Waals surface area contributed by atoms with E-state index in [0.29, 0.717) is 17.0 Å². The van der Waals surface area contributed by atoms with Crippen LogP contribution in [-0.4, -0.2) is 12.6 Å². The van der Waals surface area contributed by atoms with Crippen LogP contribution in [0.4, 0.5) is 4.79 Å². The highest BCUT2D eigenvalue weighted by atomic mass is 35.5. The van der Waals surface area contributed by atoms with Gasteiger partial charge in [0, 0.05) is 18.1 Å². The van der Waals surface area contributed by atoms with E-state index in [1.165, 1.54) is 38.5 Å². The predicted molar refractivity (Wildman–Crippen MR) is 92.3 cm³/mol. The zero-order valence-corrected chi connectivity index (χ0v) is 14.2. The van der Waals surface area contributed by atoms with E-state index in [-0.39, 0.29) is 6.03 Å². The van der Waals surface area contributed by atoms with E-state index in [1.54, 1.807) is 0 Å². The maximum atomic E-state index is 12.1. The molecule has 1 aromatic rings. The number of urea groups is 1. The normalized spacial score (nSPS) is 34.4. The molecule has 4 heteroatoms. The Labute approximate surface area is 143 Å². The smallest absolute Gasteiger partial charge is 0.315 e. The number of nitrogens with one attached hydrogen (secondary N) is 2. The lowest BCUT2D eigenvalue weighted by molar-refractivity contribution is -0.0498. The van der Waals surface area contributed by atoms with Gasteiger partial charge in [-0.2, -0.15) is 0 Å². The van der Waals surface area contributed by atoms with Crippen LogP contribution in [-0.2, 0) is 6.54 Å². The number of hydrogen-bond donors (Lipinski definition) is 2. The number of amides is 2. The topological polar surface area (TPSA) is 41.1 Å². The summed E-state index contributed by atoms with van der Waals surface area (Å²) >= 11 is 5.97. The number of carbonyl (C=O) groups is 1. The molecule has 0 saturated heterocycles. The summed E-state index contributed by atoms with van der Waals surface area (Å²) in [4.78, 5) is 12.1. The molecular formula is C19H25ClN2O. The quantitative estimate of drug-likeness (QED) is 0.845. The Kier molecular flexibility index (Phi) is 4.00. The second kappa shape index (κ2) is 6.01. The Bertz CT molecular complexity index is 566. The van der Waals surface area contributed by atoms with Crippen LogP contribution in [0.1, 0.15) is 44.1 Å². The van der Waals surface area contributed by atoms with Crippen molar-refractivity contribution in [3.8, 4) is 0 Å². The SMILES string of the molecule is O=C(NCc1cccc(Cl)c1)NCC12CC3CC(CC(C3)C1)C2. The lowest BCUT2D eigenvalue weighted by Crippen LogP contribution is -2.52. The molecule has 2 N–H and O–H groups in total. The van der Waals surface area contributed by atoms with Crippen LogP contribution in [0.15, 0.2) is 24.3 Å². The first kappa shape index (κ1) is 15.3. The van der Waals surface area contributed by atoms with Crippen molar-refractivity contribution in [3.05, 3.63) is 34.9 Å². The van der Waals surface area contributed by atoms with Gasteiger partial charge < -0.3 is 10.6 Å². The van der Waals surface area contributed by atoms with Crippen molar-refractivity contribution in [1.82, 2.24) is 10.6 Å². The molecule has 3 nitrogen and oxygen atoms in total. The second-order valence-corrected chi connectivity index (χ2v) is 8.52. The van der Waals surface area contributed by atoms with Gasteiger partial charge in [0.25, 0.3) is 0 Å². The summed E-state index contributed by atoms with van der Waals surface area (Å²) in [5, 5.41) is 6.80. The predicted octanol–water partition coefficient (Wildman–Crippen LogP) is 4.36. The van der Waals surface area contributed by atoms with Crippen molar-refractivity contribution >= 4 is 17.6 Å². The van der Waals surface area contributed by atoms with E-state index in [2.05, 4.69) is 10.6 Å².